The van der Waals surface area contributed by atoms with Gasteiger partial charge in [-0.05, 0) is 13.8 Å². The molecule has 0 aliphatic carbocycles. The Morgan fingerprint density at radius 3 is 2.81 bits per heavy atom. The second-order valence-electron chi connectivity index (χ2n) is 3.76. The van der Waals surface area contributed by atoms with E-state index in [9.17, 15) is 9.59 Å². The average molecular weight is 242 g/mol. The highest BCUT2D eigenvalue weighted by Crippen LogP contribution is 2.16. The molecule has 1 amide bonds. The summed E-state index contributed by atoms with van der Waals surface area (Å²) in [6.45, 7) is 3.26. The van der Waals surface area contributed by atoms with Crippen LogP contribution < -0.4 is 17.0 Å². The molecule has 7 heteroatoms. The van der Waals surface area contributed by atoms with E-state index in [-0.39, 0.29) is 11.3 Å². The number of hydrogen-bond acceptors (Lipinski definition) is 5. The summed E-state index contributed by atoms with van der Waals surface area (Å²) in [6.07, 6.45) is 0. The van der Waals surface area contributed by atoms with E-state index in [0.29, 0.717) is 10.9 Å². The van der Waals surface area contributed by atoms with E-state index in [1.807, 2.05) is 0 Å². The maximum Gasteiger partial charge on any atom is 0.251 e. The van der Waals surface area contributed by atoms with Crippen LogP contribution in [0.5, 0.6) is 0 Å². The standard InChI is InChI=1S/C9H14N4O2S/c1-5-3-6(14)13-8(12-5)16-4-9(2,11)7(10)15/h3H,4,11H2,1-2H3,(H2,10,15)(H,12,13,14). The van der Waals surface area contributed by atoms with Crippen LogP contribution in [0.4, 0.5) is 0 Å². The number of aromatic amines is 1. The molecule has 0 fully saturated rings. The van der Waals surface area contributed by atoms with Crippen LogP contribution in [0.15, 0.2) is 16.0 Å². The fourth-order valence-electron chi connectivity index (χ4n) is 0.909. The Kier molecular flexibility index (Phi) is 3.71. The molecule has 0 aliphatic heterocycles. The minimum Gasteiger partial charge on any atom is -0.368 e. The van der Waals surface area contributed by atoms with Crippen LogP contribution in [0.1, 0.15) is 12.6 Å². The molecule has 0 aromatic carbocycles. The normalized spacial score (nSPS) is 14.4. The number of nitrogens with one attached hydrogen (secondary N) is 1. The molecule has 1 rings (SSSR count). The number of carbonyl (C=O) groups is 1. The van der Waals surface area contributed by atoms with Gasteiger partial charge in [0.15, 0.2) is 5.16 Å². The van der Waals surface area contributed by atoms with Gasteiger partial charge >= 0.3 is 0 Å². The van der Waals surface area contributed by atoms with Crippen LogP contribution in [0.25, 0.3) is 0 Å². The summed E-state index contributed by atoms with van der Waals surface area (Å²) in [4.78, 5) is 28.7. The number of nitrogens with zero attached hydrogens (tertiary/aromatic N) is 1. The smallest absolute Gasteiger partial charge is 0.251 e. The second kappa shape index (κ2) is 4.67. The molecule has 0 aliphatic rings. The number of rotatable bonds is 4. The quantitative estimate of drug-likeness (QED) is 0.480. The van der Waals surface area contributed by atoms with Crippen molar-refractivity contribution < 1.29 is 4.79 Å². The van der Waals surface area contributed by atoms with Crippen LogP contribution in [0.2, 0.25) is 0 Å². The molecule has 6 nitrogen and oxygen atoms in total. The van der Waals surface area contributed by atoms with E-state index in [0.717, 1.165) is 0 Å². The molecular formula is C9H14N4O2S. The van der Waals surface area contributed by atoms with Gasteiger partial charge in [-0.3, -0.25) is 9.59 Å². The first-order valence-corrected chi connectivity index (χ1v) is 5.59. The topological polar surface area (TPSA) is 115 Å². The molecule has 1 heterocycles. The molecule has 1 aromatic heterocycles. The van der Waals surface area contributed by atoms with Crippen molar-refractivity contribution in [1.29, 1.82) is 0 Å². The third-order valence-electron chi connectivity index (χ3n) is 1.92. The van der Waals surface area contributed by atoms with Gasteiger partial charge in [0.05, 0.1) is 0 Å². The molecule has 0 bridgehead atoms. The molecular weight excluding hydrogens is 228 g/mol. The van der Waals surface area contributed by atoms with Crippen molar-refractivity contribution in [3.63, 3.8) is 0 Å². The van der Waals surface area contributed by atoms with Gasteiger partial charge in [-0.15, -0.1) is 0 Å². The lowest BCUT2D eigenvalue weighted by atomic mass is 10.1. The fourth-order valence-corrected chi connectivity index (χ4v) is 1.87. The van der Waals surface area contributed by atoms with Crippen molar-refractivity contribution in [1.82, 2.24) is 9.97 Å². The van der Waals surface area contributed by atoms with Gasteiger partial charge in [0.1, 0.15) is 5.54 Å². The number of H-pyrrole nitrogens is 1. The minimum atomic E-state index is -1.12. The summed E-state index contributed by atoms with van der Waals surface area (Å²) in [5, 5.41) is 0.433. The lowest BCUT2D eigenvalue weighted by Gasteiger charge is -2.18. The molecule has 0 saturated heterocycles. The molecule has 88 valence electrons. The molecule has 0 spiro atoms. The highest BCUT2D eigenvalue weighted by atomic mass is 32.2. The summed E-state index contributed by atoms with van der Waals surface area (Å²) >= 11 is 1.19. The van der Waals surface area contributed by atoms with Gasteiger partial charge in [-0.1, -0.05) is 11.8 Å². The molecule has 1 aromatic rings. The van der Waals surface area contributed by atoms with Crippen molar-refractivity contribution in [3.8, 4) is 0 Å². The number of thioether (sulfide) groups is 1. The number of amides is 1. The zero-order chi connectivity index (χ0) is 12.3. The van der Waals surface area contributed by atoms with E-state index in [1.165, 1.54) is 24.8 Å². The molecule has 0 saturated carbocycles. The number of aromatic nitrogens is 2. The minimum absolute atomic E-state index is 0.229. The number of hydrogen-bond donors (Lipinski definition) is 3. The SMILES string of the molecule is Cc1cc(=O)[nH]c(SCC(C)(N)C(N)=O)n1. The first kappa shape index (κ1) is 12.7. The van der Waals surface area contributed by atoms with Crippen molar-refractivity contribution in [2.24, 2.45) is 11.5 Å². The second-order valence-corrected chi connectivity index (χ2v) is 4.73. The Hall–Kier alpha value is -1.34. The maximum absolute atomic E-state index is 11.1. The van der Waals surface area contributed by atoms with Gasteiger partial charge in [0.2, 0.25) is 5.91 Å². The lowest BCUT2D eigenvalue weighted by Crippen LogP contribution is -2.51. The lowest BCUT2D eigenvalue weighted by molar-refractivity contribution is -0.121. The van der Waals surface area contributed by atoms with E-state index >= 15 is 0 Å². The first-order valence-electron chi connectivity index (χ1n) is 4.61. The van der Waals surface area contributed by atoms with Crippen LogP contribution >= 0.6 is 11.8 Å². The van der Waals surface area contributed by atoms with Gasteiger partial charge < -0.3 is 16.5 Å². The molecule has 1 atom stereocenters. The average Bonchev–Trinajstić information content (AvgIpc) is 2.13. The summed E-state index contributed by atoms with van der Waals surface area (Å²) in [5.74, 6) is -0.329. The van der Waals surface area contributed by atoms with Crippen LogP contribution in [0, 0.1) is 6.92 Å². The van der Waals surface area contributed by atoms with E-state index in [2.05, 4.69) is 9.97 Å². The number of carbonyl (C=O) groups excluding carboxylic acids is 1. The summed E-state index contributed by atoms with van der Waals surface area (Å²) in [6, 6.07) is 1.39. The third kappa shape index (κ3) is 3.35. The van der Waals surface area contributed by atoms with E-state index in [4.69, 9.17) is 11.5 Å². The number of aryl methyl sites for hydroxylation is 1. The van der Waals surface area contributed by atoms with Crippen LogP contribution in [0.3, 0.4) is 0 Å². The van der Waals surface area contributed by atoms with Crippen molar-refractivity contribution in [3.05, 3.63) is 22.1 Å². The Bertz CT molecular complexity index is 455. The highest BCUT2D eigenvalue weighted by Gasteiger charge is 2.26. The predicted molar refractivity (Wildman–Crippen MR) is 62.1 cm³/mol. The monoisotopic (exact) mass is 242 g/mol. The van der Waals surface area contributed by atoms with Gasteiger partial charge in [-0.25, -0.2) is 4.98 Å². The Labute approximate surface area is 96.8 Å². The van der Waals surface area contributed by atoms with E-state index in [1.54, 1.807) is 6.92 Å². The van der Waals surface area contributed by atoms with Gasteiger partial charge in [-0.2, -0.15) is 0 Å². The summed E-state index contributed by atoms with van der Waals surface area (Å²) in [5.41, 5.74) is 10.1. The number of nitrogens with two attached hydrogens (primary N) is 2. The van der Waals surface area contributed by atoms with Gasteiger partial charge in [0.25, 0.3) is 5.56 Å². The summed E-state index contributed by atoms with van der Waals surface area (Å²) < 4.78 is 0. The van der Waals surface area contributed by atoms with Crippen LogP contribution in [-0.2, 0) is 4.79 Å². The zero-order valence-electron chi connectivity index (χ0n) is 9.11. The molecule has 1 unspecified atom stereocenters. The van der Waals surface area contributed by atoms with Gasteiger partial charge in [0, 0.05) is 17.5 Å². The third-order valence-corrected chi connectivity index (χ3v) is 3.13. The van der Waals surface area contributed by atoms with Crippen LogP contribution in [-0.4, -0.2) is 27.2 Å². The molecule has 16 heavy (non-hydrogen) atoms. The molecule has 5 N–H and O–H groups in total. The largest absolute Gasteiger partial charge is 0.368 e. The van der Waals surface area contributed by atoms with Crippen molar-refractivity contribution in [2.75, 3.05) is 5.75 Å². The predicted octanol–water partition coefficient (Wildman–Crippen LogP) is -0.627. The Balaban J connectivity index is 2.75. The maximum atomic E-state index is 11.1. The Morgan fingerprint density at radius 2 is 2.31 bits per heavy atom. The Morgan fingerprint density at radius 1 is 1.69 bits per heavy atom. The first-order chi connectivity index (χ1) is 7.31. The van der Waals surface area contributed by atoms with E-state index < -0.39 is 11.4 Å². The fraction of sp³-hybridized carbons (Fsp3) is 0.444. The highest BCUT2D eigenvalue weighted by molar-refractivity contribution is 7.99. The zero-order valence-corrected chi connectivity index (χ0v) is 9.93. The molecule has 0 radical (unpaired) electrons. The number of primary amides is 1. The van der Waals surface area contributed by atoms with Crippen molar-refractivity contribution in [2.45, 2.75) is 24.5 Å². The summed E-state index contributed by atoms with van der Waals surface area (Å²) in [7, 11) is 0. The van der Waals surface area contributed by atoms with Crippen molar-refractivity contribution >= 4 is 17.7 Å².